The van der Waals surface area contributed by atoms with Crippen LogP contribution in [-0.4, -0.2) is 26.4 Å². The van der Waals surface area contributed by atoms with Crippen LogP contribution in [0.2, 0.25) is 5.02 Å². The Kier molecular flexibility index (Phi) is 4.17. The summed E-state index contributed by atoms with van der Waals surface area (Å²) >= 11 is 7.39. The molecule has 0 aliphatic rings. The number of aliphatic carboxylic acids is 1. The van der Waals surface area contributed by atoms with Gasteiger partial charge in [-0.05, 0) is 19.1 Å². The molecule has 0 radical (unpaired) electrons. The van der Waals surface area contributed by atoms with E-state index in [0.29, 0.717) is 16.7 Å². The van der Waals surface area contributed by atoms with E-state index in [-0.39, 0.29) is 5.75 Å². The van der Waals surface area contributed by atoms with Gasteiger partial charge in [-0.25, -0.2) is 4.98 Å². The van der Waals surface area contributed by atoms with Crippen LogP contribution >= 0.6 is 23.4 Å². The van der Waals surface area contributed by atoms with Gasteiger partial charge in [-0.15, -0.1) is 0 Å². The summed E-state index contributed by atoms with van der Waals surface area (Å²) < 4.78 is 1.91. The standard InChI is InChI=1S/C13H13ClN2O2S/c1-8(2)6-16-12-9(14)4-3-5-10(12)15-13(16)19-7-11(17)18/h3-5H,1,6-7H2,2H3,(H,17,18). The summed E-state index contributed by atoms with van der Waals surface area (Å²) in [5.74, 6) is -0.901. The van der Waals surface area contributed by atoms with Crippen LogP contribution in [0.5, 0.6) is 0 Å². The van der Waals surface area contributed by atoms with Crippen LogP contribution in [0.4, 0.5) is 0 Å². The van der Waals surface area contributed by atoms with Crippen LogP contribution in [0.15, 0.2) is 35.5 Å². The summed E-state index contributed by atoms with van der Waals surface area (Å²) in [7, 11) is 0. The van der Waals surface area contributed by atoms with Crippen molar-refractivity contribution in [1.82, 2.24) is 9.55 Å². The van der Waals surface area contributed by atoms with Gasteiger partial charge in [-0.3, -0.25) is 4.79 Å². The molecule has 1 heterocycles. The van der Waals surface area contributed by atoms with Crippen LogP contribution in [-0.2, 0) is 11.3 Å². The SMILES string of the molecule is C=C(C)Cn1c(SCC(=O)O)nc2cccc(Cl)c21. The maximum Gasteiger partial charge on any atom is 0.313 e. The fourth-order valence-corrected chi connectivity index (χ4v) is 2.77. The monoisotopic (exact) mass is 296 g/mol. The van der Waals surface area contributed by atoms with Gasteiger partial charge in [0, 0.05) is 6.54 Å². The Morgan fingerprint density at radius 3 is 2.95 bits per heavy atom. The third-order valence-corrected chi connectivity index (χ3v) is 3.70. The number of carbonyl (C=O) groups is 1. The van der Waals surface area contributed by atoms with Crippen molar-refractivity contribution in [3.05, 3.63) is 35.4 Å². The number of nitrogens with zero attached hydrogens (tertiary/aromatic N) is 2. The molecule has 4 nitrogen and oxygen atoms in total. The lowest BCUT2D eigenvalue weighted by atomic mass is 10.3. The number of allylic oxidation sites excluding steroid dienone is 1. The Balaban J connectivity index is 2.52. The molecule has 2 rings (SSSR count). The number of fused-ring (bicyclic) bond motifs is 1. The molecule has 0 fully saturated rings. The van der Waals surface area contributed by atoms with Gasteiger partial charge in [-0.2, -0.15) is 0 Å². The molecule has 100 valence electrons. The fourth-order valence-electron chi connectivity index (χ4n) is 1.77. The topological polar surface area (TPSA) is 55.1 Å². The van der Waals surface area contributed by atoms with Crippen LogP contribution < -0.4 is 0 Å². The summed E-state index contributed by atoms with van der Waals surface area (Å²) in [4.78, 5) is 15.1. The van der Waals surface area contributed by atoms with Crippen molar-refractivity contribution in [3.8, 4) is 0 Å². The van der Waals surface area contributed by atoms with Gasteiger partial charge in [0.05, 0.1) is 21.8 Å². The molecule has 2 aromatic rings. The minimum atomic E-state index is -0.870. The van der Waals surface area contributed by atoms with Crippen molar-refractivity contribution < 1.29 is 9.90 Å². The van der Waals surface area contributed by atoms with Gasteiger partial charge in [0.1, 0.15) is 0 Å². The molecule has 0 unspecified atom stereocenters. The number of carboxylic acids is 1. The largest absolute Gasteiger partial charge is 0.481 e. The van der Waals surface area contributed by atoms with Crippen molar-refractivity contribution in [1.29, 1.82) is 0 Å². The second-order valence-corrected chi connectivity index (χ2v) is 5.58. The summed E-state index contributed by atoms with van der Waals surface area (Å²) in [6.07, 6.45) is 0. The minimum absolute atomic E-state index is 0.0306. The molecule has 1 aromatic carbocycles. The lowest BCUT2D eigenvalue weighted by Gasteiger charge is -2.08. The molecule has 0 saturated heterocycles. The number of hydrogen-bond acceptors (Lipinski definition) is 3. The molecule has 0 spiro atoms. The highest BCUT2D eigenvalue weighted by Gasteiger charge is 2.14. The highest BCUT2D eigenvalue weighted by atomic mass is 35.5. The summed E-state index contributed by atoms with van der Waals surface area (Å²) in [5, 5.41) is 10.0. The number of rotatable bonds is 5. The number of benzene rings is 1. The van der Waals surface area contributed by atoms with E-state index in [2.05, 4.69) is 11.6 Å². The number of aromatic nitrogens is 2. The lowest BCUT2D eigenvalue weighted by Crippen LogP contribution is -2.04. The predicted octanol–water partition coefficient (Wildman–Crippen LogP) is 3.44. The average Bonchev–Trinajstić information content (AvgIpc) is 2.65. The third kappa shape index (κ3) is 3.11. The molecule has 0 saturated carbocycles. The fraction of sp³-hybridized carbons (Fsp3) is 0.231. The van der Waals surface area contributed by atoms with Crippen LogP contribution in [0, 0.1) is 0 Å². The van der Waals surface area contributed by atoms with Gasteiger partial charge < -0.3 is 9.67 Å². The molecule has 0 bridgehead atoms. The van der Waals surface area contributed by atoms with Crippen molar-refractivity contribution in [2.24, 2.45) is 0 Å². The molecule has 6 heteroatoms. The quantitative estimate of drug-likeness (QED) is 0.678. The van der Waals surface area contributed by atoms with Gasteiger partial charge in [0.15, 0.2) is 5.16 Å². The molecular weight excluding hydrogens is 284 g/mol. The summed E-state index contributed by atoms with van der Waals surface area (Å²) in [5.41, 5.74) is 2.54. The number of thioether (sulfide) groups is 1. The Morgan fingerprint density at radius 1 is 1.58 bits per heavy atom. The van der Waals surface area contributed by atoms with E-state index >= 15 is 0 Å². The molecular formula is C13H13ClN2O2S. The lowest BCUT2D eigenvalue weighted by molar-refractivity contribution is -0.133. The smallest absolute Gasteiger partial charge is 0.313 e. The van der Waals surface area contributed by atoms with Crippen molar-refractivity contribution in [2.45, 2.75) is 18.6 Å². The number of hydrogen-bond donors (Lipinski definition) is 1. The van der Waals surface area contributed by atoms with Gasteiger partial charge in [-0.1, -0.05) is 41.6 Å². The molecule has 0 aliphatic heterocycles. The Morgan fingerprint density at radius 2 is 2.32 bits per heavy atom. The number of halogens is 1. The Labute approximate surface area is 120 Å². The first kappa shape index (κ1) is 14.0. The number of imidazole rings is 1. The van der Waals surface area contributed by atoms with Crippen LogP contribution in [0.1, 0.15) is 6.92 Å². The highest BCUT2D eigenvalue weighted by molar-refractivity contribution is 7.99. The first-order valence-electron chi connectivity index (χ1n) is 5.62. The van der Waals surface area contributed by atoms with Crippen molar-refractivity contribution in [3.63, 3.8) is 0 Å². The minimum Gasteiger partial charge on any atom is -0.481 e. The van der Waals surface area contributed by atoms with E-state index in [1.54, 1.807) is 6.07 Å². The van der Waals surface area contributed by atoms with Crippen molar-refractivity contribution >= 4 is 40.4 Å². The molecule has 0 amide bonds. The van der Waals surface area contributed by atoms with E-state index in [0.717, 1.165) is 16.6 Å². The normalized spacial score (nSPS) is 10.8. The molecule has 19 heavy (non-hydrogen) atoms. The summed E-state index contributed by atoms with van der Waals surface area (Å²) in [6, 6.07) is 5.49. The first-order chi connectivity index (χ1) is 8.99. The zero-order valence-electron chi connectivity index (χ0n) is 10.4. The average molecular weight is 297 g/mol. The summed E-state index contributed by atoms with van der Waals surface area (Å²) in [6.45, 7) is 6.37. The third-order valence-electron chi connectivity index (χ3n) is 2.44. The zero-order valence-corrected chi connectivity index (χ0v) is 12.0. The van der Waals surface area contributed by atoms with E-state index in [4.69, 9.17) is 16.7 Å². The van der Waals surface area contributed by atoms with Crippen LogP contribution in [0.25, 0.3) is 11.0 Å². The molecule has 1 aromatic heterocycles. The van der Waals surface area contributed by atoms with Gasteiger partial charge in [0.25, 0.3) is 0 Å². The number of para-hydroxylation sites is 1. The maximum atomic E-state index is 10.7. The van der Waals surface area contributed by atoms with E-state index in [1.807, 2.05) is 23.6 Å². The molecule has 1 N–H and O–H groups in total. The van der Waals surface area contributed by atoms with Crippen molar-refractivity contribution in [2.75, 3.05) is 5.75 Å². The Hall–Kier alpha value is -1.46. The maximum absolute atomic E-state index is 10.7. The van der Waals surface area contributed by atoms with E-state index < -0.39 is 5.97 Å². The zero-order chi connectivity index (χ0) is 14.0. The predicted molar refractivity (Wildman–Crippen MR) is 77.9 cm³/mol. The second-order valence-electron chi connectivity index (χ2n) is 4.23. The highest BCUT2D eigenvalue weighted by Crippen LogP contribution is 2.29. The van der Waals surface area contributed by atoms with Crippen LogP contribution in [0.3, 0.4) is 0 Å². The molecule has 0 atom stereocenters. The molecule has 0 aliphatic carbocycles. The number of carboxylic acid groups (broad SMARTS) is 1. The van der Waals surface area contributed by atoms with E-state index in [1.165, 1.54) is 11.8 Å². The Bertz CT molecular complexity index is 651. The van der Waals surface area contributed by atoms with Gasteiger partial charge in [0.2, 0.25) is 0 Å². The van der Waals surface area contributed by atoms with Gasteiger partial charge >= 0.3 is 5.97 Å². The second kappa shape index (κ2) is 5.67. The first-order valence-corrected chi connectivity index (χ1v) is 6.99. The van der Waals surface area contributed by atoms with E-state index in [9.17, 15) is 4.79 Å².